The summed E-state index contributed by atoms with van der Waals surface area (Å²) in [6.07, 6.45) is 7.94. The lowest BCUT2D eigenvalue weighted by atomic mass is 10.1. The number of carbonyl (C=O) groups excluding carboxylic acids is 3. The van der Waals surface area contributed by atoms with Crippen LogP contribution in [0.4, 0.5) is 0 Å². The molecule has 2 N–H and O–H groups in total. The van der Waals surface area contributed by atoms with Crippen molar-refractivity contribution in [2.75, 3.05) is 26.2 Å². The zero-order chi connectivity index (χ0) is 26.5. The Bertz CT molecular complexity index is 850. The highest BCUT2D eigenvalue weighted by atomic mass is 16.5. The summed E-state index contributed by atoms with van der Waals surface area (Å²) in [6, 6.07) is 8.59. The lowest BCUT2D eigenvalue weighted by Gasteiger charge is -2.41. The number of hydroxylamine groups is 1. The van der Waals surface area contributed by atoms with Gasteiger partial charge in [-0.05, 0) is 56.2 Å². The first-order chi connectivity index (χ1) is 17.2. The number of hydrogen-bond donors (Lipinski definition) is 2. The van der Waals surface area contributed by atoms with E-state index in [0.717, 1.165) is 37.9 Å². The fourth-order valence-corrected chi connectivity index (χ4v) is 4.34. The molecule has 1 heterocycles. The van der Waals surface area contributed by atoms with Gasteiger partial charge in [-0.25, -0.2) is 15.5 Å². The van der Waals surface area contributed by atoms with Crippen LogP contribution in [0.15, 0.2) is 36.4 Å². The number of nitrogens with one attached hydrogen (secondary N) is 1. The number of nitrogens with zero attached hydrogens (tertiary/aromatic N) is 3. The molecule has 36 heavy (non-hydrogen) atoms. The number of amides is 3. The van der Waals surface area contributed by atoms with Gasteiger partial charge < -0.3 is 0 Å². The van der Waals surface area contributed by atoms with Crippen LogP contribution in [0.2, 0.25) is 0 Å². The molecule has 1 fully saturated rings. The van der Waals surface area contributed by atoms with Crippen molar-refractivity contribution in [2.24, 2.45) is 11.8 Å². The molecule has 1 aliphatic heterocycles. The molecule has 0 aliphatic carbocycles. The van der Waals surface area contributed by atoms with E-state index in [-0.39, 0.29) is 37.1 Å². The van der Waals surface area contributed by atoms with Crippen LogP contribution < -0.4 is 5.48 Å². The SMILES string of the molecule is CC(C)CCC(=O)N([C@@H](CC=Cc1ccccc1)C(=O)NO)N(CC(C)C)C(=O)CN1CCCCC1. The fraction of sp³-hybridized carbons (Fsp3) is 0.607. The Hall–Kier alpha value is -2.71. The molecule has 2 rings (SSSR count). The smallest absolute Gasteiger partial charge is 0.268 e. The molecule has 1 aromatic rings. The van der Waals surface area contributed by atoms with Crippen LogP contribution in [0.5, 0.6) is 0 Å². The van der Waals surface area contributed by atoms with E-state index in [2.05, 4.69) is 4.90 Å². The second-order valence-corrected chi connectivity index (χ2v) is 10.4. The Morgan fingerprint density at radius 3 is 2.25 bits per heavy atom. The van der Waals surface area contributed by atoms with E-state index in [1.807, 2.05) is 64.1 Å². The molecule has 8 nitrogen and oxygen atoms in total. The van der Waals surface area contributed by atoms with Gasteiger partial charge in [-0.15, -0.1) is 0 Å². The number of carbonyl (C=O) groups is 3. The highest BCUT2D eigenvalue weighted by Crippen LogP contribution is 2.19. The lowest BCUT2D eigenvalue weighted by Crippen LogP contribution is -2.61. The number of rotatable bonds is 12. The number of hydrogen-bond acceptors (Lipinski definition) is 5. The molecule has 200 valence electrons. The molecule has 0 spiro atoms. The number of piperidine rings is 1. The minimum absolute atomic E-state index is 0.0772. The largest absolute Gasteiger partial charge is 0.294 e. The average molecular weight is 501 g/mol. The number of likely N-dealkylation sites (tertiary alicyclic amines) is 1. The first-order valence-electron chi connectivity index (χ1n) is 13.2. The number of benzene rings is 1. The van der Waals surface area contributed by atoms with Crippen LogP contribution in [0.3, 0.4) is 0 Å². The zero-order valence-electron chi connectivity index (χ0n) is 22.4. The van der Waals surface area contributed by atoms with Gasteiger partial charge in [0.25, 0.3) is 11.8 Å². The predicted octanol–water partition coefficient (Wildman–Crippen LogP) is 4.11. The summed E-state index contributed by atoms with van der Waals surface area (Å²) in [6.45, 7) is 10.2. The van der Waals surface area contributed by atoms with Gasteiger partial charge >= 0.3 is 0 Å². The third-order valence-corrected chi connectivity index (χ3v) is 6.26. The van der Waals surface area contributed by atoms with Gasteiger partial charge in [0.15, 0.2) is 0 Å². The summed E-state index contributed by atoms with van der Waals surface area (Å²) < 4.78 is 0. The minimum atomic E-state index is -1.06. The van der Waals surface area contributed by atoms with Gasteiger partial charge in [-0.3, -0.25) is 24.5 Å². The summed E-state index contributed by atoms with van der Waals surface area (Å²) in [4.78, 5) is 42.2. The van der Waals surface area contributed by atoms with Gasteiger partial charge in [0, 0.05) is 13.0 Å². The Morgan fingerprint density at radius 2 is 1.67 bits per heavy atom. The van der Waals surface area contributed by atoms with E-state index >= 15 is 0 Å². The van der Waals surface area contributed by atoms with E-state index in [4.69, 9.17) is 0 Å². The molecule has 0 bridgehead atoms. The van der Waals surface area contributed by atoms with Gasteiger partial charge in [-0.1, -0.05) is 76.6 Å². The standard InChI is InChI=1S/C28H44N4O4/c1-22(2)16-17-26(33)32(25(28(35)29-36)15-11-14-24-12-7-5-8-13-24)31(20-23(3)4)27(34)21-30-18-9-6-10-19-30/h5,7-8,11-14,22-23,25,36H,6,9-10,15-21H2,1-4H3,(H,29,35)/t25-/m0/s1. The van der Waals surface area contributed by atoms with Gasteiger partial charge in [-0.2, -0.15) is 0 Å². The van der Waals surface area contributed by atoms with Gasteiger partial charge in [0.05, 0.1) is 6.54 Å². The molecule has 0 radical (unpaired) electrons. The van der Waals surface area contributed by atoms with Crippen molar-refractivity contribution in [1.82, 2.24) is 20.4 Å². The second kappa shape index (κ2) is 15.4. The van der Waals surface area contributed by atoms with E-state index in [1.54, 1.807) is 11.6 Å². The third kappa shape index (κ3) is 9.74. The van der Waals surface area contributed by atoms with Gasteiger partial charge in [0.1, 0.15) is 6.04 Å². The molecule has 8 heteroatoms. The monoisotopic (exact) mass is 500 g/mol. The quantitative estimate of drug-likeness (QED) is 0.333. The third-order valence-electron chi connectivity index (χ3n) is 6.26. The fourth-order valence-electron chi connectivity index (χ4n) is 4.34. The highest BCUT2D eigenvalue weighted by Gasteiger charge is 2.36. The maximum absolute atomic E-state index is 13.6. The van der Waals surface area contributed by atoms with E-state index in [9.17, 15) is 19.6 Å². The zero-order valence-corrected chi connectivity index (χ0v) is 22.4. The summed E-state index contributed by atoms with van der Waals surface area (Å²) in [5.41, 5.74) is 2.68. The van der Waals surface area contributed by atoms with Crippen molar-refractivity contribution >= 4 is 23.8 Å². The Kier molecular flexibility index (Phi) is 12.6. The molecule has 0 unspecified atom stereocenters. The van der Waals surface area contributed by atoms with Crippen molar-refractivity contribution in [1.29, 1.82) is 0 Å². The van der Waals surface area contributed by atoms with Gasteiger partial charge in [0.2, 0.25) is 5.91 Å². The van der Waals surface area contributed by atoms with Crippen LogP contribution in [0, 0.1) is 11.8 Å². The summed E-state index contributed by atoms with van der Waals surface area (Å²) in [7, 11) is 0. The van der Waals surface area contributed by atoms with E-state index in [0.29, 0.717) is 18.9 Å². The topological polar surface area (TPSA) is 93.2 Å². The van der Waals surface area contributed by atoms with E-state index in [1.165, 1.54) is 10.0 Å². The summed E-state index contributed by atoms with van der Waals surface area (Å²) in [5.74, 6) is -0.843. The first kappa shape index (κ1) is 29.5. The van der Waals surface area contributed by atoms with Crippen molar-refractivity contribution < 1.29 is 19.6 Å². The molecule has 1 saturated heterocycles. The highest BCUT2D eigenvalue weighted by molar-refractivity contribution is 5.89. The van der Waals surface area contributed by atoms with Crippen LogP contribution >= 0.6 is 0 Å². The number of hydrazine groups is 1. The first-order valence-corrected chi connectivity index (χ1v) is 13.2. The average Bonchev–Trinajstić information content (AvgIpc) is 2.86. The Balaban J connectivity index is 2.38. The van der Waals surface area contributed by atoms with Crippen molar-refractivity contribution in [3.63, 3.8) is 0 Å². The molecular weight excluding hydrogens is 456 g/mol. The lowest BCUT2D eigenvalue weighted by molar-refractivity contribution is -0.176. The Labute approximate surface area is 216 Å². The molecular formula is C28H44N4O4. The van der Waals surface area contributed by atoms with Crippen LogP contribution in [-0.2, 0) is 14.4 Å². The maximum atomic E-state index is 13.6. The van der Waals surface area contributed by atoms with Crippen LogP contribution in [-0.4, -0.2) is 70.1 Å². The molecule has 1 aromatic carbocycles. The van der Waals surface area contributed by atoms with Crippen LogP contribution in [0.25, 0.3) is 6.08 Å². The summed E-state index contributed by atoms with van der Waals surface area (Å²) >= 11 is 0. The molecule has 1 atom stereocenters. The summed E-state index contributed by atoms with van der Waals surface area (Å²) in [5, 5.41) is 12.3. The maximum Gasteiger partial charge on any atom is 0.268 e. The molecule has 0 saturated carbocycles. The molecule has 3 amide bonds. The minimum Gasteiger partial charge on any atom is -0.294 e. The molecule has 1 aliphatic rings. The Morgan fingerprint density at radius 1 is 1.00 bits per heavy atom. The van der Waals surface area contributed by atoms with Crippen molar-refractivity contribution in [3.05, 3.63) is 42.0 Å². The second-order valence-electron chi connectivity index (χ2n) is 10.4. The normalized spacial score (nSPS) is 15.3. The molecule has 0 aromatic heterocycles. The van der Waals surface area contributed by atoms with Crippen molar-refractivity contribution in [2.45, 2.75) is 72.3 Å². The van der Waals surface area contributed by atoms with E-state index < -0.39 is 11.9 Å². The van der Waals surface area contributed by atoms with Crippen LogP contribution in [0.1, 0.15) is 71.8 Å². The van der Waals surface area contributed by atoms with Crippen molar-refractivity contribution in [3.8, 4) is 0 Å². The predicted molar refractivity (Wildman–Crippen MR) is 142 cm³/mol.